The van der Waals surface area contributed by atoms with Crippen molar-refractivity contribution >= 4 is 5.91 Å². The summed E-state index contributed by atoms with van der Waals surface area (Å²) in [7, 11) is 0. The Kier molecular flexibility index (Phi) is 3.47. The summed E-state index contributed by atoms with van der Waals surface area (Å²) in [6.45, 7) is 3.32. The summed E-state index contributed by atoms with van der Waals surface area (Å²) >= 11 is 0. The first-order valence-electron chi connectivity index (χ1n) is 7.07. The first-order valence-corrected chi connectivity index (χ1v) is 7.07. The van der Waals surface area contributed by atoms with Gasteiger partial charge >= 0.3 is 0 Å². The van der Waals surface area contributed by atoms with E-state index in [-0.39, 0.29) is 17.8 Å². The van der Waals surface area contributed by atoms with E-state index in [1.165, 1.54) is 6.07 Å². The third kappa shape index (κ3) is 2.30. The number of hydrogen-bond acceptors (Lipinski definition) is 2. The lowest BCUT2D eigenvalue weighted by Gasteiger charge is -2.36. The van der Waals surface area contributed by atoms with Crippen molar-refractivity contribution in [2.75, 3.05) is 13.2 Å². The molecule has 1 amide bonds. The van der Waals surface area contributed by atoms with E-state index in [1.54, 1.807) is 18.4 Å². The molecule has 0 radical (unpaired) electrons. The van der Waals surface area contributed by atoms with E-state index in [1.807, 2.05) is 11.8 Å². The zero-order valence-electron chi connectivity index (χ0n) is 11.6. The Hall–Kier alpha value is -1.84. The van der Waals surface area contributed by atoms with Crippen LogP contribution < -0.4 is 0 Å². The van der Waals surface area contributed by atoms with Crippen LogP contribution in [0.4, 0.5) is 4.39 Å². The third-order valence-corrected chi connectivity index (χ3v) is 4.11. The van der Waals surface area contributed by atoms with Crippen LogP contribution in [0.3, 0.4) is 0 Å². The van der Waals surface area contributed by atoms with Crippen molar-refractivity contribution < 1.29 is 13.9 Å². The fourth-order valence-electron chi connectivity index (χ4n) is 2.98. The number of carbonyl (C=O) groups excluding carboxylic acids is 1. The van der Waals surface area contributed by atoms with Crippen molar-refractivity contribution in [3.63, 3.8) is 0 Å². The fraction of sp³-hybridized carbons (Fsp3) is 0.438. The largest absolute Gasteiger partial charge is 0.501 e. The third-order valence-electron chi connectivity index (χ3n) is 4.11. The molecule has 2 heterocycles. The van der Waals surface area contributed by atoms with E-state index in [0.717, 1.165) is 29.5 Å². The highest BCUT2D eigenvalue weighted by Gasteiger charge is 2.30. The van der Waals surface area contributed by atoms with Crippen molar-refractivity contribution in [1.82, 2.24) is 4.90 Å². The van der Waals surface area contributed by atoms with Gasteiger partial charge in [0, 0.05) is 6.54 Å². The summed E-state index contributed by atoms with van der Waals surface area (Å²) in [6, 6.07) is 4.82. The van der Waals surface area contributed by atoms with Gasteiger partial charge in [-0.3, -0.25) is 4.79 Å². The van der Waals surface area contributed by atoms with Crippen molar-refractivity contribution in [2.24, 2.45) is 0 Å². The number of rotatable bonds is 1. The van der Waals surface area contributed by atoms with Gasteiger partial charge in [0.1, 0.15) is 5.82 Å². The molecule has 3 nitrogen and oxygen atoms in total. The van der Waals surface area contributed by atoms with Gasteiger partial charge in [-0.05, 0) is 49.4 Å². The normalized spacial score (nSPS) is 21.8. The van der Waals surface area contributed by atoms with Crippen LogP contribution in [-0.2, 0) is 16.0 Å². The molecule has 0 spiro atoms. The molecule has 0 bridgehead atoms. The second kappa shape index (κ2) is 5.27. The summed E-state index contributed by atoms with van der Waals surface area (Å²) in [5, 5.41) is 0. The Morgan fingerprint density at radius 2 is 2.25 bits per heavy atom. The Morgan fingerprint density at radius 1 is 1.40 bits per heavy atom. The zero-order chi connectivity index (χ0) is 14.1. The van der Waals surface area contributed by atoms with E-state index < -0.39 is 0 Å². The molecule has 2 aliphatic heterocycles. The molecular formula is C16H18FNO2. The van der Waals surface area contributed by atoms with Gasteiger partial charge in [0.15, 0.2) is 0 Å². The van der Waals surface area contributed by atoms with E-state index in [4.69, 9.17) is 4.74 Å². The van der Waals surface area contributed by atoms with Crippen LogP contribution in [0.1, 0.15) is 36.9 Å². The summed E-state index contributed by atoms with van der Waals surface area (Å²) in [4.78, 5) is 14.4. The molecule has 0 aliphatic carbocycles. The Labute approximate surface area is 118 Å². The lowest BCUT2D eigenvalue weighted by Crippen LogP contribution is -2.40. The highest BCUT2D eigenvalue weighted by atomic mass is 19.1. The van der Waals surface area contributed by atoms with Crippen molar-refractivity contribution in [3.05, 3.63) is 47.0 Å². The molecule has 0 saturated carbocycles. The average Bonchev–Trinajstić information content (AvgIpc) is 2.48. The molecule has 4 heteroatoms. The van der Waals surface area contributed by atoms with Crippen LogP contribution >= 0.6 is 0 Å². The molecule has 1 unspecified atom stereocenters. The molecule has 1 aromatic rings. The molecular weight excluding hydrogens is 257 g/mol. The Balaban J connectivity index is 1.84. The first kappa shape index (κ1) is 13.2. The SMILES string of the molecule is CC1c2ccc(F)cc2CCN1C(=O)C1=COCCC1. The topological polar surface area (TPSA) is 29.5 Å². The van der Waals surface area contributed by atoms with E-state index in [2.05, 4.69) is 0 Å². The quantitative estimate of drug-likeness (QED) is 0.788. The van der Waals surface area contributed by atoms with Crippen LogP contribution in [0.2, 0.25) is 0 Å². The standard InChI is InChI=1S/C16H18FNO2/c1-11-15-5-4-14(17)9-12(15)6-7-18(11)16(19)13-3-2-8-20-10-13/h4-5,9-11H,2-3,6-8H2,1H3. The minimum absolute atomic E-state index is 0.0188. The number of amides is 1. The van der Waals surface area contributed by atoms with E-state index in [9.17, 15) is 9.18 Å². The monoisotopic (exact) mass is 275 g/mol. The minimum atomic E-state index is -0.209. The second-order valence-electron chi connectivity index (χ2n) is 5.39. The van der Waals surface area contributed by atoms with Crippen molar-refractivity contribution in [3.8, 4) is 0 Å². The number of ether oxygens (including phenoxy) is 1. The maximum Gasteiger partial charge on any atom is 0.253 e. The maximum atomic E-state index is 13.3. The average molecular weight is 275 g/mol. The van der Waals surface area contributed by atoms with E-state index in [0.29, 0.717) is 19.6 Å². The smallest absolute Gasteiger partial charge is 0.253 e. The van der Waals surface area contributed by atoms with Crippen LogP contribution in [-0.4, -0.2) is 24.0 Å². The van der Waals surface area contributed by atoms with Gasteiger partial charge in [0.05, 0.1) is 24.5 Å². The van der Waals surface area contributed by atoms with Gasteiger partial charge in [-0.25, -0.2) is 4.39 Å². The maximum absolute atomic E-state index is 13.3. The predicted octanol–water partition coefficient (Wildman–Crippen LogP) is 2.97. The molecule has 3 rings (SSSR count). The number of hydrogen-bond donors (Lipinski definition) is 0. The van der Waals surface area contributed by atoms with Crippen molar-refractivity contribution in [2.45, 2.75) is 32.2 Å². The van der Waals surface area contributed by atoms with Gasteiger partial charge in [0.2, 0.25) is 0 Å². The van der Waals surface area contributed by atoms with Crippen LogP contribution in [0.25, 0.3) is 0 Å². The van der Waals surface area contributed by atoms with Gasteiger partial charge in [-0.15, -0.1) is 0 Å². The number of nitrogens with zero attached hydrogens (tertiary/aromatic N) is 1. The van der Waals surface area contributed by atoms with E-state index >= 15 is 0 Å². The molecule has 1 atom stereocenters. The van der Waals surface area contributed by atoms with Gasteiger partial charge < -0.3 is 9.64 Å². The lowest BCUT2D eigenvalue weighted by molar-refractivity contribution is -0.130. The molecule has 0 N–H and O–H groups in total. The second-order valence-corrected chi connectivity index (χ2v) is 5.39. The zero-order valence-corrected chi connectivity index (χ0v) is 11.6. The molecule has 0 aromatic heterocycles. The number of fused-ring (bicyclic) bond motifs is 1. The first-order chi connectivity index (χ1) is 9.66. The molecule has 1 aromatic carbocycles. The summed E-state index contributed by atoms with van der Waals surface area (Å²) in [6.07, 6.45) is 3.97. The van der Waals surface area contributed by atoms with Crippen LogP contribution in [0, 0.1) is 5.82 Å². The molecule has 2 aliphatic rings. The Bertz CT molecular complexity index is 568. The highest BCUT2D eigenvalue weighted by molar-refractivity contribution is 5.93. The molecule has 0 saturated heterocycles. The summed E-state index contributed by atoms with van der Waals surface area (Å²) in [5.74, 6) is -0.161. The summed E-state index contributed by atoms with van der Waals surface area (Å²) in [5.41, 5.74) is 2.80. The lowest BCUT2D eigenvalue weighted by atomic mass is 9.92. The van der Waals surface area contributed by atoms with Crippen LogP contribution in [0.15, 0.2) is 30.0 Å². The summed E-state index contributed by atoms with van der Waals surface area (Å²) < 4.78 is 18.5. The number of halogens is 1. The molecule has 20 heavy (non-hydrogen) atoms. The number of benzene rings is 1. The van der Waals surface area contributed by atoms with Gasteiger partial charge in [0.25, 0.3) is 5.91 Å². The molecule has 106 valence electrons. The van der Waals surface area contributed by atoms with Crippen LogP contribution in [0.5, 0.6) is 0 Å². The highest BCUT2D eigenvalue weighted by Crippen LogP contribution is 2.31. The Morgan fingerprint density at radius 3 is 3.00 bits per heavy atom. The fourth-order valence-corrected chi connectivity index (χ4v) is 2.98. The van der Waals surface area contributed by atoms with Gasteiger partial charge in [-0.1, -0.05) is 6.07 Å². The number of carbonyl (C=O) groups is 1. The predicted molar refractivity (Wildman–Crippen MR) is 73.5 cm³/mol. The molecule has 0 fully saturated rings. The minimum Gasteiger partial charge on any atom is -0.501 e. The van der Waals surface area contributed by atoms with Crippen molar-refractivity contribution in [1.29, 1.82) is 0 Å². The van der Waals surface area contributed by atoms with Gasteiger partial charge in [-0.2, -0.15) is 0 Å².